The van der Waals surface area contributed by atoms with Crippen LogP contribution in [0.2, 0.25) is 0 Å². The molecule has 0 aliphatic carbocycles. The molecule has 1 fully saturated rings. The second-order valence-electron chi connectivity index (χ2n) is 5.28. The van der Waals surface area contributed by atoms with E-state index in [1.807, 2.05) is 6.92 Å². The SMILES string of the molecule is CCCOC1CCCN(S(=O)(=O)c2c(CO)n[nH]c2C)C1. The van der Waals surface area contributed by atoms with E-state index < -0.39 is 16.6 Å². The van der Waals surface area contributed by atoms with Crippen LogP contribution in [0.4, 0.5) is 0 Å². The van der Waals surface area contributed by atoms with Crippen LogP contribution in [0.5, 0.6) is 0 Å². The zero-order valence-electron chi connectivity index (χ0n) is 12.5. The molecule has 21 heavy (non-hydrogen) atoms. The Morgan fingerprint density at radius 3 is 2.95 bits per heavy atom. The summed E-state index contributed by atoms with van der Waals surface area (Å²) in [6.45, 7) is 4.75. The molecule has 2 N–H and O–H groups in total. The van der Waals surface area contributed by atoms with E-state index in [-0.39, 0.29) is 16.7 Å². The van der Waals surface area contributed by atoms with Crippen molar-refractivity contribution >= 4 is 10.0 Å². The molecule has 1 saturated heterocycles. The minimum absolute atomic E-state index is 0.0572. The number of aliphatic hydroxyl groups is 1. The van der Waals surface area contributed by atoms with Crippen LogP contribution in [0.1, 0.15) is 37.6 Å². The number of aliphatic hydroxyl groups excluding tert-OH is 1. The first-order valence-electron chi connectivity index (χ1n) is 7.27. The molecule has 0 spiro atoms. The lowest BCUT2D eigenvalue weighted by Crippen LogP contribution is -2.43. The normalized spacial score (nSPS) is 20.8. The molecule has 1 aliphatic heterocycles. The molecule has 1 aliphatic rings. The summed E-state index contributed by atoms with van der Waals surface area (Å²) < 4.78 is 32.7. The van der Waals surface area contributed by atoms with Gasteiger partial charge in [0.25, 0.3) is 0 Å². The molecule has 1 atom stereocenters. The van der Waals surface area contributed by atoms with Crippen molar-refractivity contribution in [3.63, 3.8) is 0 Å². The highest BCUT2D eigenvalue weighted by molar-refractivity contribution is 7.89. The van der Waals surface area contributed by atoms with Crippen molar-refractivity contribution in [2.24, 2.45) is 0 Å². The number of aromatic amines is 1. The Morgan fingerprint density at radius 1 is 1.52 bits per heavy atom. The number of ether oxygens (including phenoxy) is 1. The maximum atomic E-state index is 12.8. The van der Waals surface area contributed by atoms with Crippen molar-refractivity contribution in [2.75, 3.05) is 19.7 Å². The number of H-pyrrole nitrogens is 1. The van der Waals surface area contributed by atoms with Gasteiger partial charge in [0.1, 0.15) is 10.6 Å². The summed E-state index contributed by atoms with van der Waals surface area (Å²) in [6, 6.07) is 0. The number of nitrogens with zero attached hydrogens (tertiary/aromatic N) is 2. The summed E-state index contributed by atoms with van der Waals surface area (Å²) in [6.07, 6.45) is 2.51. The van der Waals surface area contributed by atoms with Gasteiger partial charge in [-0.2, -0.15) is 9.40 Å². The molecule has 1 aromatic rings. The summed E-state index contributed by atoms with van der Waals surface area (Å²) in [7, 11) is -3.65. The number of rotatable bonds is 6. The maximum Gasteiger partial charge on any atom is 0.246 e. The molecule has 120 valence electrons. The van der Waals surface area contributed by atoms with Crippen molar-refractivity contribution in [2.45, 2.75) is 50.7 Å². The van der Waals surface area contributed by atoms with Gasteiger partial charge in [0.05, 0.1) is 18.4 Å². The van der Waals surface area contributed by atoms with E-state index in [1.165, 1.54) is 4.31 Å². The third kappa shape index (κ3) is 3.45. The molecule has 0 radical (unpaired) electrons. The fraction of sp³-hybridized carbons (Fsp3) is 0.769. The second kappa shape index (κ2) is 6.87. The van der Waals surface area contributed by atoms with Gasteiger partial charge in [-0.1, -0.05) is 6.92 Å². The third-order valence-electron chi connectivity index (χ3n) is 3.61. The van der Waals surface area contributed by atoms with E-state index in [9.17, 15) is 13.5 Å². The lowest BCUT2D eigenvalue weighted by molar-refractivity contribution is 0.0193. The zero-order chi connectivity index (χ0) is 15.5. The van der Waals surface area contributed by atoms with Crippen molar-refractivity contribution in [1.82, 2.24) is 14.5 Å². The van der Waals surface area contributed by atoms with E-state index in [0.717, 1.165) is 19.3 Å². The Bertz CT molecular complexity index is 570. The number of aromatic nitrogens is 2. The van der Waals surface area contributed by atoms with E-state index in [0.29, 0.717) is 25.4 Å². The Hall–Kier alpha value is -0.960. The summed E-state index contributed by atoms with van der Waals surface area (Å²) >= 11 is 0. The first-order chi connectivity index (χ1) is 10.0. The molecular weight excluding hydrogens is 294 g/mol. The van der Waals surface area contributed by atoms with Gasteiger partial charge in [-0.15, -0.1) is 0 Å². The molecule has 2 rings (SSSR count). The Labute approximate surface area is 125 Å². The van der Waals surface area contributed by atoms with Crippen LogP contribution in [0, 0.1) is 6.92 Å². The van der Waals surface area contributed by atoms with E-state index >= 15 is 0 Å². The van der Waals surface area contributed by atoms with Crippen molar-refractivity contribution in [3.8, 4) is 0 Å². The maximum absolute atomic E-state index is 12.8. The topological polar surface area (TPSA) is 95.5 Å². The van der Waals surface area contributed by atoms with Gasteiger partial charge < -0.3 is 9.84 Å². The summed E-state index contributed by atoms with van der Waals surface area (Å²) in [5, 5.41) is 15.8. The largest absolute Gasteiger partial charge is 0.390 e. The highest BCUT2D eigenvalue weighted by Gasteiger charge is 2.34. The molecule has 0 saturated carbocycles. The molecule has 0 aromatic carbocycles. The first-order valence-corrected chi connectivity index (χ1v) is 8.71. The zero-order valence-corrected chi connectivity index (χ0v) is 13.3. The van der Waals surface area contributed by atoms with Crippen LogP contribution < -0.4 is 0 Å². The van der Waals surface area contributed by atoms with Crippen LogP contribution >= 0.6 is 0 Å². The Kier molecular flexibility index (Phi) is 5.37. The standard InChI is InChI=1S/C13H23N3O4S/c1-3-7-20-11-5-4-6-16(8-11)21(18,19)13-10(2)14-15-12(13)9-17/h11,17H,3-9H2,1-2H3,(H,14,15). The number of piperidine rings is 1. The molecule has 7 nitrogen and oxygen atoms in total. The van der Waals surface area contributed by atoms with Gasteiger partial charge in [0.15, 0.2) is 0 Å². The fourth-order valence-corrected chi connectivity index (χ4v) is 4.42. The Morgan fingerprint density at radius 2 is 2.29 bits per heavy atom. The quantitative estimate of drug-likeness (QED) is 0.809. The van der Waals surface area contributed by atoms with Crippen LogP contribution in [0.3, 0.4) is 0 Å². The van der Waals surface area contributed by atoms with Gasteiger partial charge in [-0.3, -0.25) is 5.10 Å². The average Bonchev–Trinajstić information content (AvgIpc) is 2.87. The lowest BCUT2D eigenvalue weighted by Gasteiger charge is -2.31. The highest BCUT2D eigenvalue weighted by Crippen LogP contribution is 2.26. The van der Waals surface area contributed by atoms with Crippen molar-refractivity contribution in [3.05, 3.63) is 11.4 Å². The smallest absolute Gasteiger partial charge is 0.246 e. The van der Waals surface area contributed by atoms with Gasteiger partial charge in [0, 0.05) is 19.7 Å². The van der Waals surface area contributed by atoms with E-state index in [2.05, 4.69) is 10.2 Å². The van der Waals surface area contributed by atoms with Crippen LogP contribution in [0.25, 0.3) is 0 Å². The number of hydrogen-bond donors (Lipinski definition) is 2. The summed E-state index contributed by atoms with van der Waals surface area (Å²) in [5.74, 6) is 0. The fourth-order valence-electron chi connectivity index (χ4n) is 2.59. The van der Waals surface area contributed by atoms with E-state index in [4.69, 9.17) is 4.74 Å². The Balaban J connectivity index is 2.20. The molecule has 1 unspecified atom stereocenters. The van der Waals surface area contributed by atoms with Gasteiger partial charge in [0.2, 0.25) is 10.0 Å². The summed E-state index contributed by atoms with van der Waals surface area (Å²) in [5.41, 5.74) is 0.625. The van der Waals surface area contributed by atoms with E-state index in [1.54, 1.807) is 6.92 Å². The predicted octanol–water partition coefficient (Wildman–Crippen LogP) is 0.790. The van der Waals surface area contributed by atoms with Crippen LogP contribution in [-0.4, -0.2) is 53.8 Å². The van der Waals surface area contributed by atoms with Crippen LogP contribution in [-0.2, 0) is 21.4 Å². The molecule has 8 heteroatoms. The van der Waals surface area contributed by atoms with Crippen molar-refractivity contribution in [1.29, 1.82) is 0 Å². The molecular formula is C13H23N3O4S. The molecule has 1 aromatic heterocycles. The molecule has 0 amide bonds. The van der Waals surface area contributed by atoms with Crippen LogP contribution in [0.15, 0.2) is 4.90 Å². The second-order valence-corrected chi connectivity index (χ2v) is 7.16. The molecule has 2 heterocycles. The molecule has 0 bridgehead atoms. The number of nitrogens with one attached hydrogen (secondary N) is 1. The highest BCUT2D eigenvalue weighted by atomic mass is 32.2. The average molecular weight is 317 g/mol. The third-order valence-corrected chi connectivity index (χ3v) is 5.68. The monoisotopic (exact) mass is 317 g/mol. The number of hydrogen-bond acceptors (Lipinski definition) is 5. The van der Waals surface area contributed by atoms with Gasteiger partial charge >= 0.3 is 0 Å². The first kappa shape index (κ1) is 16.4. The minimum Gasteiger partial charge on any atom is -0.390 e. The minimum atomic E-state index is -3.65. The summed E-state index contributed by atoms with van der Waals surface area (Å²) in [4.78, 5) is 0.0983. The van der Waals surface area contributed by atoms with Crippen molar-refractivity contribution < 1.29 is 18.3 Å². The lowest BCUT2D eigenvalue weighted by atomic mass is 10.1. The van der Waals surface area contributed by atoms with Gasteiger partial charge in [-0.25, -0.2) is 8.42 Å². The predicted molar refractivity (Wildman–Crippen MR) is 77.3 cm³/mol. The van der Waals surface area contributed by atoms with Gasteiger partial charge in [-0.05, 0) is 26.2 Å². The number of aryl methyl sites for hydroxylation is 1. The number of sulfonamides is 1.